The first kappa shape index (κ1) is 24.5. The van der Waals surface area contributed by atoms with E-state index in [-0.39, 0.29) is 27.0 Å². The average molecular weight is 512 g/mol. The Morgan fingerprint density at radius 3 is 2.53 bits per heavy atom. The van der Waals surface area contributed by atoms with Crippen LogP contribution in [0.5, 0.6) is 0 Å². The Labute approximate surface area is 201 Å². The van der Waals surface area contributed by atoms with Gasteiger partial charge in [0.2, 0.25) is 5.91 Å². The summed E-state index contributed by atoms with van der Waals surface area (Å²) in [6, 6.07) is 1.57. The fourth-order valence-corrected chi connectivity index (χ4v) is 5.00. The highest BCUT2D eigenvalue weighted by Crippen LogP contribution is 2.42. The van der Waals surface area contributed by atoms with Crippen LogP contribution in [0.25, 0.3) is 0 Å². The van der Waals surface area contributed by atoms with E-state index in [1.807, 2.05) is 0 Å². The number of nitrogens with one attached hydrogen (secondary N) is 1. The summed E-state index contributed by atoms with van der Waals surface area (Å²) in [7, 11) is -3.57. The summed E-state index contributed by atoms with van der Waals surface area (Å²) in [6.45, 7) is 0.304. The Hall–Kier alpha value is -2.59. The lowest BCUT2D eigenvalue weighted by molar-refractivity contribution is -0.127. The van der Waals surface area contributed by atoms with Crippen molar-refractivity contribution in [3.63, 3.8) is 0 Å². The summed E-state index contributed by atoms with van der Waals surface area (Å²) in [4.78, 5) is 31.7. The topological polar surface area (TPSA) is 96.4 Å². The van der Waals surface area contributed by atoms with E-state index in [4.69, 9.17) is 11.6 Å². The van der Waals surface area contributed by atoms with Crippen molar-refractivity contribution in [2.75, 3.05) is 12.8 Å². The molecule has 1 saturated heterocycles. The summed E-state index contributed by atoms with van der Waals surface area (Å²) in [5.41, 5.74) is 0.0867. The van der Waals surface area contributed by atoms with Gasteiger partial charge in [0.05, 0.1) is 21.5 Å². The molecule has 1 aromatic carbocycles. The lowest BCUT2D eigenvalue weighted by Gasteiger charge is -2.36. The van der Waals surface area contributed by atoms with Crippen LogP contribution in [0, 0.1) is 17.6 Å². The molecule has 11 heteroatoms. The number of rotatable bonds is 6. The number of nitrogens with zero attached hydrogens (tertiary/aromatic N) is 2. The number of aromatic nitrogens is 1. The molecule has 2 aliphatic rings. The van der Waals surface area contributed by atoms with E-state index < -0.39 is 45.4 Å². The lowest BCUT2D eigenvalue weighted by atomic mass is 9.97. The molecule has 2 aromatic rings. The minimum Gasteiger partial charge on any atom is -0.347 e. The van der Waals surface area contributed by atoms with E-state index in [1.165, 1.54) is 17.2 Å². The van der Waals surface area contributed by atoms with E-state index in [2.05, 4.69) is 10.3 Å². The van der Waals surface area contributed by atoms with E-state index in [9.17, 15) is 26.8 Å². The fourth-order valence-electron chi connectivity index (χ4n) is 4.26. The van der Waals surface area contributed by atoms with Gasteiger partial charge in [-0.05, 0) is 56.2 Å². The Morgan fingerprint density at radius 2 is 1.85 bits per heavy atom. The molecule has 1 aromatic heterocycles. The highest BCUT2D eigenvalue weighted by molar-refractivity contribution is 7.90. The molecule has 34 heavy (non-hydrogen) atoms. The summed E-state index contributed by atoms with van der Waals surface area (Å²) >= 11 is 5.68. The molecule has 2 unspecified atom stereocenters. The standard InChI is InChI=1S/C23H24ClF2N3O4S/c1-34(32,33)15-8-14(11-27-12-15)23(31)29-7-3-2-4-20(29)22(30)28-21(13-5-6-13)16-9-19(26)17(24)10-18(16)25/h8-13,20-21H,2-7H2,1H3,(H,28,30). The summed E-state index contributed by atoms with van der Waals surface area (Å²) in [6.07, 6.45) is 6.74. The van der Waals surface area contributed by atoms with Crippen LogP contribution < -0.4 is 5.32 Å². The second kappa shape index (κ2) is 9.58. The van der Waals surface area contributed by atoms with Crippen LogP contribution in [-0.2, 0) is 14.6 Å². The summed E-state index contributed by atoms with van der Waals surface area (Å²) in [5.74, 6) is -2.49. The predicted octanol–water partition coefficient (Wildman–Crippen LogP) is 3.68. The first-order chi connectivity index (χ1) is 16.1. The van der Waals surface area contributed by atoms with Gasteiger partial charge >= 0.3 is 0 Å². The van der Waals surface area contributed by atoms with E-state index >= 15 is 0 Å². The molecule has 0 bridgehead atoms. The Bertz CT molecular complexity index is 1240. The van der Waals surface area contributed by atoms with Crippen molar-refractivity contribution in [1.82, 2.24) is 15.2 Å². The van der Waals surface area contributed by atoms with Gasteiger partial charge in [-0.25, -0.2) is 17.2 Å². The second-order valence-electron chi connectivity index (χ2n) is 8.80. The fraction of sp³-hybridized carbons (Fsp3) is 0.435. The van der Waals surface area contributed by atoms with Crippen LogP contribution in [0.1, 0.15) is 54.1 Å². The molecule has 2 fully saturated rings. The van der Waals surface area contributed by atoms with Crippen molar-refractivity contribution in [2.24, 2.45) is 5.92 Å². The molecule has 182 valence electrons. The van der Waals surface area contributed by atoms with Gasteiger partial charge in [0.1, 0.15) is 17.7 Å². The molecular weight excluding hydrogens is 488 g/mol. The highest BCUT2D eigenvalue weighted by atomic mass is 35.5. The number of halogens is 3. The summed E-state index contributed by atoms with van der Waals surface area (Å²) in [5, 5.41) is 2.49. The lowest BCUT2D eigenvalue weighted by Crippen LogP contribution is -2.52. The van der Waals surface area contributed by atoms with Crippen LogP contribution in [0.4, 0.5) is 8.78 Å². The van der Waals surface area contributed by atoms with Crippen molar-refractivity contribution in [3.05, 3.63) is 58.4 Å². The first-order valence-corrected chi connectivity index (χ1v) is 13.2. The zero-order chi connectivity index (χ0) is 24.6. The number of piperidine rings is 1. The number of sulfone groups is 1. The quantitative estimate of drug-likeness (QED) is 0.597. The van der Waals surface area contributed by atoms with Crippen molar-refractivity contribution < 1.29 is 26.8 Å². The number of carbonyl (C=O) groups is 2. The van der Waals surface area contributed by atoms with Crippen LogP contribution in [-0.4, -0.2) is 49.0 Å². The second-order valence-corrected chi connectivity index (χ2v) is 11.2. The molecule has 1 aliphatic heterocycles. The third-order valence-electron chi connectivity index (χ3n) is 6.22. The third kappa shape index (κ3) is 5.22. The molecule has 2 amide bonds. The molecule has 1 saturated carbocycles. The van der Waals surface area contributed by atoms with Gasteiger partial charge in [-0.3, -0.25) is 14.6 Å². The number of carbonyl (C=O) groups excluding carboxylic acids is 2. The Kier molecular flexibility index (Phi) is 6.91. The molecule has 0 radical (unpaired) electrons. The molecule has 7 nitrogen and oxygen atoms in total. The minimum absolute atomic E-state index is 0.0245. The number of likely N-dealkylation sites (tertiary alicyclic amines) is 1. The zero-order valence-electron chi connectivity index (χ0n) is 18.4. The number of amides is 2. The maximum Gasteiger partial charge on any atom is 0.256 e. The monoisotopic (exact) mass is 511 g/mol. The first-order valence-electron chi connectivity index (χ1n) is 11.0. The zero-order valence-corrected chi connectivity index (χ0v) is 20.0. The number of hydrogen-bond acceptors (Lipinski definition) is 5. The number of pyridine rings is 1. The predicted molar refractivity (Wildman–Crippen MR) is 121 cm³/mol. The van der Waals surface area contributed by atoms with Crippen LogP contribution in [0.3, 0.4) is 0 Å². The maximum absolute atomic E-state index is 14.6. The SMILES string of the molecule is CS(=O)(=O)c1cncc(C(=O)N2CCCCC2C(=O)NC(c2cc(F)c(Cl)cc2F)C2CC2)c1. The van der Waals surface area contributed by atoms with Crippen LogP contribution >= 0.6 is 11.6 Å². The van der Waals surface area contributed by atoms with Crippen molar-refractivity contribution in [2.45, 2.75) is 49.1 Å². The largest absolute Gasteiger partial charge is 0.347 e. The van der Waals surface area contributed by atoms with Crippen molar-refractivity contribution in [1.29, 1.82) is 0 Å². The van der Waals surface area contributed by atoms with Crippen LogP contribution in [0.15, 0.2) is 35.5 Å². The third-order valence-corrected chi connectivity index (χ3v) is 7.59. The smallest absolute Gasteiger partial charge is 0.256 e. The van der Waals surface area contributed by atoms with Crippen molar-refractivity contribution >= 4 is 33.3 Å². The normalized spacial score (nSPS) is 19.5. The van der Waals surface area contributed by atoms with E-state index in [1.54, 1.807) is 0 Å². The van der Waals surface area contributed by atoms with Gasteiger partial charge in [-0.1, -0.05) is 11.6 Å². The van der Waals surface area contributed by atoms with Gasteiger partial charge in [0.15, 0.2) is 9.84 Å². The van der Waals surface area contributed by atoms with Gasteiger partial charge in [0.25, 0.3) is 5.91 Å². The van der Waals surface area contributed by atoms with Gasteiger partial charge in [-0.2, -0.15) is 0 Å². The molecule has 0 spiro atoms. The van der Waals surface area contributed by atoms with Crippen molar-refractivity contribution in [3.8, 4) is 0 Å². The molecule has 2 atom stereocenters. The molecule has 1 aliphatic carbocycles. The minimum atomic E-state index is -3.57. The molecule has 2 heterocycles. The summed E-state index contributed by atoms with van der Waals surface area (Å²) < 4.78 is 52.4. The number of hydrogen-bond donors (Lipinski definition) is 1. The molecule has 4 rings (SSSR count). The average Bonchev–Trinajstić information content (AvgIpc) is 3.64. The highest BCUT2D eigenvalue weighted by Gasteiger charge is 2.39. The Morgan fingerprint density at radius 1 is 1.12 bits per heavy atom. The number of benzene rings is 1. The van der Waals surface area contributed by atoms with Gasteiger partial charge in [-0.15, -0.1) is 0 Å². The maximum atomic E-state index is 14.6. The molecule has 1 N–H and O–H groups in total. The van der Waals surface area contributed by atoms with Crippen LogP contribution in [0.2, 0.25) is 5.02 Å². The van der Waals surface area contributed by atoms with E-state index in [0.29, 0.717) is 25.8 Å². The van der Waals surface area contributed by atoms with E-state index in [0.717, 1.165) is 37.4 Å². The molecular formula is C23H24ClF2N3O4S. The van der Waals surface area contributed by atoms with Gasteiger partial charge in [0, 0.05) is 30.8 Å². The Balaban J connectivity index is 1.58. The van der Waals surface area contributed by atoms with Gasteiger partial charge < -0.3 is 10.2 Å².